The smallest absolute Gasteiger partial charge is 0.00643 e. The van der Waals surface area contributed by atoms with E-state index in [0.29, 0.717) is 0 Å². The Labute approximate surface area is 77.9 Å². The number of rotatable bonds is 8. The van der Waals surface area contributed by atoms with Crippen molar-refractivity contribution in [3.05, 3.63) is 0 Å². The summed E-state index contributed by atoms with van der Waals surface area (Å²) in [5.74, 6) is 0. The van der Waals surface area contributed by atoms with Gasteiger partial charge in [0, 0.05) is 6.04 Å². The van der Waals surface area contributed by atoms with Crippen molar-refractivity contribution in [2.24, 2.45) is 0 Å². The van der Waals surface area contributed by atoms with Crippen LogP contribution in [0.3, 0.4) is 0 Å². The van der Waals surface area contributed by atoms with Crippen LogP contribution in [-0.2, 0) is 0 Å². The van der Waals surface area contributed by atoms with E-state index in [1.165, 1.54) is 38.5 Å². The molecule has 0 heterocycles. The molecule has 1 N–H and O–H groups in total. The Kier molecular flexibility index (Phi) is 9.02. The number of hydrogen-bond donors (Lipinski definition) is 1. The Bertz CT molecular complexity index is 81.1. The fourth-order valence-corrected chi connectivity index (χ4v) is 1.56. The van der Waals surface area contributed by atoms with Crippen LogP contribution in [0.2, 0.25) is 0 Å². The minimum absolute atomic E-state index is 0.770. The second kappa shape index (κ2) is 9.05. The van der Waals surface area contributed by atoms with E-state index in [9.17, 15) is 0 Å². The van der Waals surface area contributed by atoms with Gasteiger partial charge in [-0.1, -0.05) is 46.5 Å². The van der Waals surface area contributed by atoms with Gasteiger partial charge in [-0.3, -0.25) is 0 Å². The fraction of sp³-hybridized carbons (Fsp3) is 1.00. The normalized spacial score (nSPS) is 13.2. The maximum Gasteiger partial charge on any atom is 0.00643 e. The molecule has 0 aliphatic heterocycles. The third-order valence-corrected chi connectivity index (χ3v) is 2.39. The summed E-state index contributed by atoms with van der Waals surface area (Å²) in [5.41, 5.74) is 0. The topological polar surface area (TPSA) is 12.0 Å². The molecule has 0 spiro atoms. The molecule has 0 saturated heterocycles. The average molecular weight is 171 g/mol. The summed E-state index contributed by atoms with van der Waals surface area (Å²) in [7, 11) is 0. The Hall–Kier alpha value is -0.0400. The van der Waals surface area contributed by atoms with E-state index in [4.69, 9.17) is 0 Å². The van der Waals surface area contributed by atoms with Crippen LogP contribution in [0.25, 0.3) is 0 Å². The quantitative estimate of drug-likeness (QED) is 0.552. The highest BCUT2D eigenvalue weighted by Crippen LogP contribution is 2.07. The van der Waals surface area contributed by atoms with Gasteiger partial charge in [-0.2, -0.15) is 0 Å². The lowest BCUT2D eigenvalue weighted by atomic mass is 10.1. The van der Waals surface area contributed by atoms with Crippen LogP contribution in [-0.4, -0.2) is 12.6 Å². The summed E-state index contributed by atoms with van der Waals surface area (Å²) in [6.45, 7) is 7.84. The Morgan fingerprint density at radius 3 is 2.25 bits per heavy atom. The molecule has 1 unspecified atom stereocenters. The van der Waals surface area contributed by atoms with Gasteiger partial charge in [0.1, 0.15) is 0 Å². The molecule has 0 aliphatic carbocycles. The molecule has 0 aromatic rings. The van der Waals surface area contributed by atoms with E-state index < -0.39 is 0 Å². The molecule has 0 saturated carbocycles. The first-order chi connectivity index (χ1) is 5.85. The summed E-state index contributed by atoms with van der Waals surface area (Å²) in [6, 6.07) is 0.770. The monoisotopic (exact) mass is 171 g/mol. The lowest BCUT2D eigenvalue weighted by Crippen LogP contribution is -2.27. The third kappa shape index (κ3) is 6.66. The van der Waals surface area contributed by atoms with Crippen LogP contribution in [0.15, 0.2) is 0 Å². The molecular weight excluding hydrogens is 146 g/mol. The summed E-state index contributed by atoms with van der Waals surface area (Å²) in [6.07, 6.45) is 8.21. The first-order valence-electron chi connectivity index (χ1n) is 5.58. The van der Waals surface area contributed by atoms with Crippen LogP contribution >= 0.6 is 0 Å². The first kappa shape index (κ1) is 12.0. The lowest BCUT2D eigenvalue weighted by molar-refractivity contribution is 0.455. The molecule has 0 aromatic carbocycles. The van der Waals surface area contributed by atoms with Crippen molar-refractivity contribution in [1.82, 2.24) is 5.32 Å². The van der Waals surface area contributed by atoms with E-state index in [1.807, 2.05) is 0 Å². The predicted octanol–water partition coefficient (Wildman–Crippen LogP) is 3.34. The highest BCUT2D eigenvalue weighted by molar-refractivity contribution is 4.63. The van der Waals surface area contributed by atoms with Crippen molar-refractivity contribution in [3.8, 4) is 0 Å². The summed E-state index contributed by atoms with van der Waals surface area (Å²) >= 11 is 0. The molecule has 0 amide bonds. The molecule has 1 heteroatoms. The van der Waals surface area contributed by atoms with Crippen molar-refractivity contribution in [2.75, 3.05) is 6.54 Å². The predicted molar refractivity (Wildman–Crippen MR) is 56.5 cm³/mol. The lowest BCUT2D eigenvalue weighted by Gasteiger charge is -2.14. The zero-order valence-electron chi connectivity index (χ0n) is 9.03. The second-order valence-corrected chi connectivity index (χ2v) is 3.51. The molecule has 0 aliphatic rings. The largest absolute Gasteiger partial charge is 0.314 e. The first-order valence-corrected chi connectivity index (χ1v) is 5.58. The van der Waals surface area contributed by atoms with E-state index in [0.717, 1.165) is 12.6 Å². The highest BCUT2D eigenvalue weighted by Gasteiger charge is 2.02. The molecule has 0 bridgehead atoms. The van der Waals surface area contributed by atoms with Gasteiger partial charge in [0.2, 0.25) is 0 Å². The van der Waals surface area contributed by atoms with Crippen LogP contribution < -0.4 is 5.32 Å². The van der Waals surface area contributed by atoms with Gasteiger partial charge in [0.05, 0.1) is 0 Å². The maximum atomic E-state index is 3.51. The van der Waals surface area contributed by atoms with Gasteiger partial charge in [0.15, 0.2) is 0 Å². The van der Waals surface area contributed by atoms with Crippen molar-refractivity contribution in [3.63, 3.8) is 0 Å². The SMILES string of the molecule is CCCCCCC(CC)NCC. The molecule has 0 rings (SSSR count). The van der Waals surface area contributed by atoms with Crippen LogP contribution in [0.4, 0.5) is 0 Å². The van der Waals surface area contributed by atoms with Gasteiger partial charge in [-0.25, -0.2) is 0 Å². The van der Waals surface area contributed by atoms with Crippen molar-refractivity contribution in [1.29, 1.82) is 0 Å². The van der Waals surface area contributed by atoms with Crippen molar-refractivity contribution >= 4 is 0 Å². The molecule has 1 atom stereocenters. The van der Waals surface area contributed by atoms with Gasteiger partial charge in [-0.15, -0.1) is 0 Å². The Morgan fingerprint density at radius 2 is 1.75 bits per heavy atom. The van der Waals surface area contributed by atoms with Gasteiger partial charge < -0.3 is 5.32 Å². The molecule has 0 aromatic heterocycles. The fourth-order valence-electron chi connectivity index (χ4n) is 1.56. The summed E-state index contributed by atoms with van der Waals surface area (Å²) in [4.78, 5) is 0. The van der Waals surface area contributed by atoms with Crippen LogP contribution in [0.5, 0.6) is 0 Å². The molecule has 0 fully saturated rings. The van der Waals surface area contributed by atoms with Crippen LogP contribution in [0.1, 0.15) is 59.3 Å². The summed E-state index contributed by atoms with van der Waals surface area (Å²) < 4.78 is 0. The van der Waals surface area contributed by atoms with Crippen LogP contribution in [0, 0.1) is 0 Å². The maximum absolute atomic E-state index is 3.51. The minimum atomic E-state index is 0.770. The Balaban J connectivity index is 3.19. The van der Waals surface area contributed by atoms with Gasteiger partial charge in [0.25, 0.3) is 0 Å². The Morgan fingerprint density at radius 1 is 1.00 bits per heavy atom. The zero-order valence-corrected chi connectivity index (χ0v) is 9.03. The van der Waals surface area contributed by atoms with E-state index in [2.05, 4.69) is 26.1 Å². The number of unbranched alkanes of at least 4 members (excludes halogenated alkanes) is 3. The molecular formula is C11H25N. The van der Waals surface area contributed by atoms with Gasteiger partial charge >= 0.3 is 0 Å². The van der Waals surface area contributed by atoms with E-state index in [-0.39, 0.29) is 0 Å². The molecule has 74 valence electrons. The van der Waals surface area contributed by atoms with E-state index in [1.54, 1.807) is 0 Å². The number of hydrogen-bond acceptors (Lipinski definition) is 1. The standard InChI is InChI=1S/C11H25N/c1-4-7-8-9-10-11(5-2)12-6-3/h11-12H,4-10H2,1-3H3. The van der Waals surface area contributed by atoms with E-state index >= 15 is 0 Å². The summed E-state index contributed by atoms with van der Waals surface area (Å²) in [5, 5.41) is 3.51. The van der Waals surface area contributed by atoms with Gasteiger partial charge in [-0.05, 0) is 19.4 Å². The number of nitrogens with one attached hydrogen (secondary N) is 1. The average Bonchev–Trinajstić information content (AvgIpc) is 2.10. The molecule has 0 radical (unpaired) electrons. The minimum Gasteiger partial charge on any atom is -0.314 e. The second-order valence-electron chi connectivity index (χ2n) is 3.51. The third-order valence-electron chi connectivity index (χ3n) is 2.39. The molecule has 1 nitrogen and oxygen atoms in total. The highest BCUT2D eigenvalue weighted by atomic mass is 14.9. The van der Waals surface area contributed by atoms with Crippen molar-refractivity contribution < 1.29 is 0 Å². The molecule has 12 heavy (non-hydrogen) atoms. The zero-order chi connectivity index (χ0) is 9.23. The van der Waals surface area contributed by atoms with Crippen molar-refractivity contribution in [2.45, 2.75) is 65.3 Å².